The van der Waals surface area contributed by atoms with Crippen LogP contribution < -0.4 is 5.32 Å². The molecule has 2 nitrogen and oxygen atoms in total. The molecule has 0 aliphatic carbocycles. The number of aliphatic hydroxyl groups is 1. The molecule has 2 N–H and O–H groups in total. The minimum atomic E-state index is 0.305. The van der Waals surface area contributed by atoms with Crippen LogP contribution in [-0.4, -0.2) is 29.8 Å². The molecule has 0 radical (unpaired) electrons. The third kappa shape index (κ3) is 7.32. The minimum absolute atomic E-state index is 0.305. The fourth-order valence-electron chi connectivity index (χ4n) is 2.15. The Morgan fingerprint density at radius 1 is 1.10 bits per heavy atom. The van der Waals surface area contributed by atoms with Crippen molar-refractivity contribution in [2.75, 3.05) is 24.7 Å². The van der Waals surface area contributed by atoms with E-state index < -0.39 is 0 Å². The molecule has 3 heteroatoms. The molecule has 1 aromatic rings. The van der Waals surface area contributed by atoms with Gasteiger partial charge in [0.05, 0.1) is 0 Å². The highest BCUT2D eigenvalue weighted by Gasteiger charge is 2.05. The first-order chi connectivity index (χ1) is 9.63. The van der Waals surface area contributed by atoms with Gasteiger partial charge >= 0.3 is 0 Å². The van der Waals surface area contributed by atoms with Crippen molar-refractivity contribution >= 4 is 11.8 Å². The number of benzene rings is 1. The lowest BCUT2D eigenvalue weighted by molar-refractivity contribution is 0.296. The summed E-state index contributed by atoms with van der Waals surface area (Å²) in [6.45, 7) is 8.06. The molecule has 0 aromatic heterocycles. The first-order valence-corrected chi connectivity index (χ1v) is 8.79. The van der Waals surface area contributed by atoms with E-state index in [4.69, 9.17) is 5.11 Å². The topological polar surface area (TPSA) is 32.3 Å². The highest BCUT2D eigenvalue weighted by atomic mass is 32.2. The maximum atomic E-state index is 8.71. The molecule has 1 aromatic carbocycles. The summed E-state index contributed by atoms with van der Waals surface area (Å²) in [5.41, 5.74) is 2.79. The van der Waals surface area contributed by atoms with E-state index in [1.165, 1.54) is 11.1 Å². The van der Waals surface area contributed by atoms with Gasteiger partial charge < -0.3 is 10.4 Å². The lowest BCUT2D eigenvalue weighted by Gasteiger charge is -2.15. The zero-order valence-corrected chi connectivity index (χ0v) is 13.9. The second kappa shape index (κ2) is 10.3. The maximum Gasteiger partial charge on any atom is 0.0438 e. The summed E-state index contributed by atoms with van der Waals surface area (Å²) in [6.07, 6.45) is 2.06. The normalized spacial score (nSPS) is 12.8. The van der Waals surface area contributed by atoms with E-state index >= 15 is 0 Å². The van der Waals surface area contributed by atoms with Crippen molar-refractivity contribution in [3.63, 3.8) is 0 Å². The van der Waals surface area contributed by atoms with E-state index in [0.717, 1.165) is 30.9 Å². The van der Waals surface area contributed by atoms with Crippen LogP contribution in [0.4, 0.5) is 0 Å². The van der Waals surface area contributed by atoms with Crippen molar-refractivity contribution in [2.24, 2.45) is 5.92 Å². The Kier molecular flexibility index (Phi) is 8.99. The van der Waals surface area contributed by atoms with E-state index in [2.05, 4.69) is 50.4 Å². The molecule has 20 heavy (non-hydrogen) atoms. The average Bonchev–Trinajstić information content (AvgIpc) is 2.42. The predicted octanol–water partition coefficient (Wildman–Crippen LogP) is 3.65. The molecule has 1 atom stereocenters. The Morgan fingerprint density at radius 3 is 2.40 bits per heavy atom. The SMILES string of the molecule is CC(C)Cc1ccc(C(C)NCCSCCCO)cc1. The van der Waals surface area contributed by atoms with E-state index in [1.807, 2.05) is 11.8 Å². The molecule has 0 aliphatic heterocycles. The molecule has 0 saturated heterocycles. The van der Waals surface area contributed by atoms with E-state index in [9.17, 15) is 0 Å². The first kappa shape index (κ1) is 17.5. The second-order valence-corrected chi connectivity index (χ2v) is 6.93. The third-order valence-corrected chi connectivity index (χ3v) is 4.34. The van der Waals surface area contributed by atoms with Gasteiger partial charge in [-0.05, 0) is 42.6 Å². The monoisotopic (exact) mass is 295 g/mol. The van der Waals surface area contributed by atoms with Crippen LogP contribution in [0.5, 0.6) is 0 Å². The van der Waals surface area contributed by atoms with Crippen LogP contribution in [0.15, 0.2) is 24.3 Å². The Labute approximate surface area is 128 Å². The molecule has 0 aliphatic rings. The average molecular weight is 295 g/mol. The fourth-order valence-corrected chi connectivity index (χ4v) is 2.95. The quantitative estimate of drug-likeness (QED) is 0.646. The lowest BCUT2D eigenvalue weighted by Crippen LogP contribution is -2.21. The summed E-state index contributed by atoms with van der Waals surface area (Å²) in [5.74, 6) is 2.87. The largest absolute Gasteiger partial charge is 0.396 e. The number of hydrogen-bond donors (Lipinski definition) is 2. The van der Waals surface area contributed by atoms with Crippen molar-refractivity contribution in [1.29, 1.82) is 0 Å². The Hall–Kier alpha value is -0.510. The lowest BCUT2D eigenvalue weighted by atomic mass is 10.00. The van der Waals surface area contributed by atoms with E-state index in [-0.39, 0.29) is 0 Å². The summed E-state index contributed by atoms with van der Waals surface area (Å²) >= 11 is 1.90. The molecule has 0 bridgehead atoms. The van der Waals surface area contributed by atoms with Gasteiger partial charge in [-0.15, -0.1) is 0 Å². The Balaban J connectivity index is 2.27. The molecule has 0 spiro atoms. The standard InChI is InChI=1S/C17H29NOS/c1-14(2)13-16-5-7-17(8-6-16)15(3)18-9-12-20-11-4-10-19/h5-8,14-15,18-19H,4,9-13H2,1-3H3. The molecule has 0 heterocycles. The van der Waals surface area contributed by atoms with Gasteiger partial charge in [0.1, 0.15) is 0 Å². The van der Waals surface area contributed by atoms with Crippen LogP contribution in [0.1, 0.15) is 44.4 Å². The summed E-state index contributed by atoms with van der Waals surface area (Å²) in [7, 11) is 0. The zero-order chi connectivity index (χ0) is 14.8. The molecule has 0 fully saturated rings. The van der Waals surface area contributed by atoms with Gasteiger partial charge in [-0.2, -0.15) is 11.8 Å². The molecular formula is C17H29NOS. The summed E-state index contributed by atoms with van der Waals surface area (Å²) in [5, 5.41) is 12.3. The highest BCUT2D eigenvalue weighted by molar-refractivity contribution is 7.99. The van der Waals surface area contributed by atoms with Crippen LogP contribution in [0.2, 0.25) is 0 Å². The van der Waals surface area contributed by atoms with Crippen LogP contribution in [0.25, 0.3) is 0 Å². The third-order valence-electron chi connectivity index (χ3n) is 3.27. The van der Waals surface area contributed by atoms with Crippen LogP contribution >= 0.6 is 11.8 Å². The van der Waals surface area contributed by atoms with Crippen LogP contribution in [0.3, 0.4) is 0 Å². The molecule has 1 unspecified atom stereocenters. The van der Waals surface area contributed by atoms with Crippen molar-refractivity contribution < 1.29 is 5.11 Å². The Bertz CT molecular complexity index is 351. The molecular weight excluding hydrogens is 266 g/mol. The summed E-state index contributed by atoms with van der Waals surface area (Å²) in [4.78, 5) is 0. The van der Waals surface area contributed by atoms with E-state index in [1.54, 1.807) is 0 Å². The van der Waals surface area contributed by atoms with Crippen molar-refractivity contribution in [3.05, 3.63) is 35.4 Å². The van der Waals surface area contributed by atoms with Gasteiger partial charge in [0, 0.05) is 24.9 Å². The van der Waals surface area contributed by atoms with Crippen LogP contribution in [0, 0.1) is 5.92 Å². The van der Waals surface area contributed by atoms with Gasteiger partial charge in [-0.3, -0.25) is 0 Å². The molecule has 0 amide bonds. The summed E-state index contributed by atoms with van der Waals surface area (Å²) in [6, 6.07) is 9.40. The van der Waals surface area contributed by atoms with Crippen LogP contribution in [-0.2, 0) is 6.42 Å². The van der Waals surface area contributed by atoms with Crippen molar-refractivity contribution in [2.45, 2.75) is 39.7 Å². The minimum Gasteiger partial charge on any atom is -0.396 e. The van der Waals surface area contributed by atoms with E-state index in [0.29, 0.717) is 18.6 Å². The van der Waals surface area contributed by atoms with Gasteiger partial charge in [0.2, 0.25) is 0 Å². The second-order valence-electron chi connectivity index (χ2n) is 5.70. The number of thioether (sulfide) groups is 1. The fraction of sp³-hybridized carbons (Fsp3) is 0.647. The maximum absolute atomic E-state index is 8.71. The predicted molar refractivity (Wildman–Crippen MR) is 90.4 cm³/mol. The smallest absolute Gasteiger partial charge is 0.0438 e. The molecule has 114 valence electrons. The number of nitrogens with one attached hydrogen (secondary N) is 1. The number of rotatable bonds is 10. The number of hydrogen-bond acceptors (Lipinski definition) is 3. The summed E-state index contributed by atoms with van der Waals surface area (Å²) < 4.78 is 0. The van der Waals surface area contributed by atoms with Gasteiger partial charge in [0.25, 0.3) is 0 Å². The molecule has 1 rings (SSSR count). The van der Waals surface area contributed by atoms with Crippen molar-refractivity contribution in [1.82, 2.24) is 5.32 Å². The highest BCUT2D eigenvalue weighted by Crippen LogP contribution is 2.15. The van der Waals surface area contributed by atoms with Gasteiger partial charge in [0.15, 0.2) is 0 Å². The van der Waals surface area contributed by atoms with Crippen molar-refractivity contribution in [3.8, 4) is 0 Å². The number of aliphatic hydroxyl groups excluding tert-OH is 1. The Morgan fingerprint density at radius 2 is 1.80 bits per heavy atom. The van der Waals surface area contributed by atoms with Gasteiger partial charge in [-0.1, -0.05) is 38.1 Å². The molecule has 0 saturated carbocycles. The van der Waals surface area contributed by atoms with Gasteiger partial charge in [-0.25, -0.2) is 0 Å². The zero-order valence-electron chi connectivity index (χ0n) is 13.1. The first-order valence-electron chi connectivity index (χ1n) is 7.64.